The lowest BCUT2D eigenvalue weighted by Crippen LogP contribution is -2.40. The summed E-state index contributed by atoms with van der Waals surface area (Å²) in [6.45, 7) is 4.27. The van der Waals surface area contributed by atoms with E-state index in [9.17, 15) is 9.59 Å². The van der Waals surface area contributed by atoms with Crippen molar-refractivity contribution in [3.63, 3.8) is 0 Å². The predicted molar refractivity (Wildman–Crippen MR) is 126 cm³/mol. The van der Waals surface area contributed by atoms with Crippen LogP contribution in [0.1, 0.15) is 21.5 Å². The maximum atomic E-state index is 12.8. The van der Waals surface area contributed by atoms with Crippen molar-refractivity contribution in [2.45, 2.75) is 6.92 Å². The van der Waals surface area contributed by atoms with Gasteiger partial charge in [0, 0.05) is 25.7 Å². The zero-order valence-corrected chi connectivity index (χ0v) is 19.1. The molecular weight excluding hydrogens is 426 g/mol. The minimum absolute atomic E-state index is 0.0329. The summed E-state index contributed by atoms with van der Waals surface area (Å²) in [5.41, 5.74) is 3.19. The number of ether oxygens (including phenoxy) is 2. The lowest BCUT2D eigenvalue weighted by Gasteiger charge is -2.26. The summed E-state index contributed by atoms with van der Waals surface area (Å²) < 4.78 is 10.6. The third kappa shape index (κ3) is 4.71. The van der Waals surface area contributed by atoms with Crippen LogP contribution < -0.4 is 4.74 Å². The van der Waals surface area contributed by atoms with Crippen molar-refractivity contribution >= 4 is 40.5 Å². The monoisotopic (exact) mass is 451 g/mol. The summed E-state index contributed by atoms with van der Waals surface area (Å²) in [7, 11) is 3.34. The van der Waals surface area contributed by atoms with E-state index in [0.29, 0.717) is 47.6 Å². The molecule has 8 heteroatoms. The van der Waals surface area contributed by atoms with Crippen molar-refractivity contribution in [1.29, 1.82) is 0 Å². The van der Waals surface area contributed by atoms with Gasteiger partial charge in [0.15, 0.2) is 5.17 Å². The Morgan fingerprint density at radius 2 is 1.97 bits per heavy atom. The number of thioether (sulfide) groups is 1. The van der Waals surface area contributed by atoms with Gasteiger partial charge in [-0.1, -0.05) is 12.1 Å². The fourth-order valence-corrected chi connectivity index (χ4v) is 4.48. The van der Waals surface area contributed by atoms with Gasteiger partial charge >= 0.3 is 0 Å². The number of amidine groups is 1. The molecule has 0 spiro atoms. The Morgan fingerprint density at radius 1 is 1.19 bits per heavy atom. The van der Waals surface area contributed by atoms with E-state index in [2.05, 4.69) is 4.99 Å². The van der Waals surface area contributed by atoms with Gasteiger partial charge in [0.05, 0.1) is 30.9 Å². The van der Waals surface area contributed by atoms with Crippen molar-refractivity contribution in [1.82, 2.24) is 9.80 Å². The third-order valence-electron chi connectivity index (χ3n) is 5.38. The summed E-state index contributed by atoms with van der Waals surface area (Å²) in [4.78, 5) is 34.1. The summed E-state index contributed by atoms with van der Waals surface area (Å²) in [6.07, 6.45) is 1.87. The average Bonchev–Trinajstić information content (AvgIpc) is 3.08. The van der Waals surface area contributed by atoms with Crippen LogP contribution >= 0.6 is 11.8 Å². The van der Waals surface area contributed by atoms with Crippen LogP contribution in [0, 0.1) is 6.92 Å². The first-order valence-corrected chi connectivity index (χ1v) is 11.2. The van der Waals surface area contributed by atoms with Crippen molar-refractivity contribution in [2.24, 2.45) is 4.99 Å². The molecule has 2 aliphatic heterocycles. The van der Waals surface area contributed by atoms with Crippen molar-refractivity contribution in [3.05, 3.63) is 64.1 Å². The van der Waals surface area contributed by atoms with Crippen molar-refractivity contribution in [3.8, 4) is 5.75 Å². The van der Waals surface area contributed by atoms with Crippen molar-refractivity contribution in [2.75, 3.05) is 40.5 Å². The maximum Gasteiger partial charge on any atom is 0.266 e. The first-order chi connectivity index (χ1) is 15.5. The molecule has 0 radical (unpaired) electrons. The molecule has 2 fully saturated rings. The lowest BCUT2D eigenvalue weighted by atomic mass is 10.1. The number of hydrogen-bond donors (Lipinski definition) is 0. The first kappa shape index (κ1) is 22.1. The number of carbonyl (C=O) groups is 2. The van der Waals surface area contributed by atoms with E-state index in [1.54, 1.807) is 31.2 Å². The van der Waals surface area contributed by atoms with Crippen LogP contribution in [-0.4, -0.2) is 67.2 Å². The van der Waals surface area contributed by atoms with Crippen LogP contribution in [0.5, 0.6) is 5.75 Å². The van der Waals surface area contributed by atoms with Gasteiger partial charge in [0.25, 0.3) is 11.8 Å². The molecule has 2 aromatic rings. The molecule has 32 heavy (non-hydrogen) atoms. The van der Waals surface area contributed by atoms with Gasteiger partial charge in [-0.2, -0.15) is 0 Å². The molecule has 0 aromatic heterocycles. The van der Waals surface area contributed by atoms with E-state index in [1.807, 2.05) is 43.3 Å². The van der Waals surface area contributed by atoms with Crippen LogP contribution in [0.3, 0.4) is 0 Å². The van der Waals surface area contributed by atoms with Crippen LogP contribution in [0.15, 0.2) is 52.4 Å². The number of carbonyl (C=O) groups excluding carboxylic acids is 2. The van der Waals surface area contributed by atoms with Gasteiger partial charge in [0.2, 0.25) is 0 Å². The quantitative estimate of drug-likeness (QED) is 0.663. The summed E-state index contributed by atoms with van der Waals surface area (Å²) in [5.74, 6) is 0.639. The van der Waals surface area contributed by atoms with E-state index in [1.165, 1.54) is 16.7 Å². The van der Waals surface area contributed by atoms with Gasteiger partial charge < -0.3 is 14.4 Å². The molecule has 4 rings (SSSR count). The smallest absolute Gasteiger partial charge is 0.266 e. The molecule has 166 valence electrons. The highest BCUT2D eigenvalue weighted by atomic mass is 32.2. The van der Waals surface area contributed by atoms with Crippen LogP contribution in [-0.2, 0) is 9.53 Å². The second-order valence-corrected chi connectivity index (χ2v) is 8.56. The molecule has 2 aromatic carbocycles. The topological polar surface area (TPSA) is 71.4 Å². The molecular formula is C24H25N3O4S. The molecule has 0 N–H and O–H groups in total. The number of rotatable bonds is 4. The Balaban J connectivity index is 1.56. The number of methoxy groups -OCH3 is 1. The normalized spacial score (nSPS) is 19.2. The zero-order chi connectivity index (χ0) is 22.7. The molecule has 2 saturated heterocycles. The fraction of sp³-hybridized carbons (Fsp3) is 0.292. The highest BCUT2D eigenvalue weighted by Crippen LogP contribution is 2.34. The van der Waals surface area contributed by atoms with Crippen LogP contribution in [0.2, 0.25) is 0 Å². The van der Waals surface area contributed by atoms with E-state index in [0.717, 1.165) is 16.9 Å². The van der Waals surface area contributed by atoms with Gasteiger partial charge in [-0.15, -0.1) is 0 Å². The highest BCUT2D eigenvalue weighted by Gasteiger charge is 2.30. The molecule has 2 amide bonds. The summed E-state index contributed by atoms with van der Waals surface area (Å²) in [5, 5.41) is 0.573. The second-order valence-electron chi connectivity index (χ2n) is 7.55. The van der Waals surface area contributed by atoms with Crippen LogP contribution in [0.4, 0.5) is 5.69 Å². The molecule has 0 atom stereocenters. The SMILES string of the molecule is COc1ccc(/C=C2/SC(=Nc3cccc(C(=O)N4CCOCC4)c3)N(C)C2=O)c(C)c1. The van der Waals surface area contributed by atoms with Gasteiger partial charge in [-0.05, 0) is 66.2 Å². The number of aryl methyl sites for hydroxylation is 1. The number of hydrogen-bond acceptors (Lipinski definition) is 6. The van der Waals surface area contributed by atoms with Gasteiger partial charge in [-0.25, -0.2) is 4.99 Å². The fourth-order valence-electron chi connectivity index (χ4n) is 3.50. The minimum atomic E-state index is -0.107. The predicted octanol–water partition coefficient (Wildman–Crippen LogP) is 3.71. The third-order valence-corrected chi connectivity index (χ3v) is 6.44. The molecule has 0 unspecified atom stereocenters. The Bertz CT molecular complexity index is 1110. The molecule has 0 bridgehead atoms. The Kier molecular flexibility index (Phi) is 6.62. The number of benzene rings is 2. The second kappa shape index (κ2) is 9.58. The molecule has 7 nitrogen and oxygen atoms in total. The van der Waals surface area contributed by atoms with Crippen molar-refractivity contribution < 1.29 is 19.1 Å². The van der Waals surface area contributed by atoms with Gasteiger partial charge in [-0.3, -0.25) is 14.5 Å². The van der Waals surface area contributed by atoms with E-state index < -0.39 is 0 Å². The lowest BCUT2D eigenvalue weighted by molar-refractivity contribution is -0.121. The van der Waals surface area contributed by atoms with E-state index >= 15 is 0 Å². The number of amides is 2. The number of likely N-dealkylation sites (N-methyl/N-ethyl adjacent to an activating group) is 1. The zero-order valence-electron chi connectivity index (χ0n) is 18.3. The number of nitrogens with zero attached hydrogens (tertiary/aromatic N) is 3. The largest absolute Gasteiger partial charge is 0.497 e. The van der Waals surface area contributed by atoms with E-state index in [-0.39, 0.29) is 11.8 Å². The molecule has 2 heterocycles. The minimum Gasteiger partial charge on any atom is -0.497 e. The van der Waals surface area contributed by atoms with E-state index in [4.69, 9.17) is 9.47 Å². The average molecular weight is 452 g/mol. The summed E-state index contributed by atoms with van der Waals surface area (Å²) in [6, 6.07) is 12.9. The Morgan fingerprint density at radius 3 is 2.69 bits per heavy atom. The first-order valence-electron chi connectivity index (χ1n) is 10.3. The standard InChI is InChI=1S/C24H25N3O4S/c1-16-13-20(30-3)8-7-17(16)15-21-23(29)26(2)24(32-21)25-19-6-4-5-18(14-19)22(28)27-9-11-31-12-10-27/h4-8,13-15H,9-12H2,1-3H3/b21-15+,25-24?. The number of morpholine rings is 1. The molecule has 2 aliphatic rings. The molecule has 0 aliphatic carbocycles. The Hall–Kier alpha value is -3.10. The Labute approximate surface area is 191 Å². The number of aliphatic imine (C=N–C) groups is 1. The maximum absolute atomic E-state index is 12.8. The van der Waals surface area contributed by atoms with Crippen LogP contribution in [0.25, 0.3) is 6.08 Å². The highest BCUT2D eigenvalue weighted by molar-refractivity contribution is 8.18. The molecule has 0 saturated carbocycles. The van der Waals surface area contributed by atoms with Gasteiger partial charge in [0.1, 0.15) is 5.75 Å². The summed E-state index contributed by atoms with van der Waals surface area (Å²) >= 11 is 1.32.